The molecule has 2 aliphatic carbocycles. The number of nitrogens with one attached hydrogen (secondary N) is 2. The lowest BCUT2D eigenvalue weighted by Gasteiger charge is -2.33. The maximum absolute atomic E-state index is 14.2. The van der Waals surface area contributed by atoms with E-state index >= 15 is 0 Å². The van der Waals surface area contributed by atoms with E-state index in [0.717, 1.165) is 80.4 Å². The summed E-state index contributed by atoms with van der Waals surface area (Å²) in [5, 5.41) is 6.24. The number of anilines is 2. The highest BCUT2D eigenvalue weighted by Gasteiger charge is 2.36. The minimum absolute atomic E-state index is 0.0788. The van der Waals surface area contributed by atoms with Crippen molar-refractivity contribution < 1.29 is 14.4 Å². The molecule has 1 aromatic heterocycles. The van der Waals surface area contributed by atoms with Gasteiger partial charge >= 0.3 is 0 Å². The van der Waals surface area contributed by atoms with E-state index in [2.05, 4.69) is 15.0 Å². The summed E-state index contributed by atoms with van der Waals surface area (Å²) in [7, 11) is 0. The molecule has 2 aromatic rings. The highest BCUT2D eigenvalue weighted by Crippen LogP contribution is 2.32. The first-order valence-electron chi connectivity index (χ1n) is 14.1. The first-order chi connectivity index (χ1) is 18.3. The molecule has 206 valence electrons. The van der Waals surface area contributed by atoms with Crippen LogP contribution in [0.3, 0.4) is 0 Å². The van der Waals surface area contributed by atoms with Gasteiger partial charge in [-0.2, -0.15) is 4.37 Å². The van der Waals surface area contributed by atoms with Crippen molar-refractivity contribution in [3.8, 4) is 0 Å². The lowest BCUT2D eigenvalue weighted by atomic mass is 9.95. The number of nitrogen functional groups attached to an aromatic ring is 1. The summed E-state index contributed by atoms with van der Waals surface area (Å²) < 4.78 is 4.31. The smallest absolute Gasteiger partial charge is 0.273 e. The summed E-state index contributed by atoms with van der Waals surface area (Å²) >= 11 is 0.929. The number of hydrogen-bond donors (Lipinski definition) is 3. The second-order valence-electron chi connectivity index (χ2n) is 10.8. The molecule has 2 fully saturated rings. The highest BCUT2D eigenvalue weighted by molar-refractivity contribution is 7.09. The number of aryl methyl sites for hydroxylation is 2. The van der Waals surface area contributed by atoms with Crippen LogP contribution >= 0.6 is 11.5 Å². The van der Waals surface area contributed by atoms with E-state index in [1.165, 1.54) is 6.42 Å². The third-order valence-corrected chi connectivity index (χ3v) is 8.65. The molecule has 2 aliphatic rings. The number of hydrogen-bond acceptors (Lipinski definition) is 6. The van der Waals surface area contributed by atoms with Crippen molar-refractivity contribution in [2.45, 2.75) is 110 Å². The number of nitrogens with two attached hydrogens (primary N) is 1. The van der Waals surface area contributed by atoms with Crippen LogP contribution in [0.25, 0.3) is 0 Å². The predicted octanol–water partition coefficient (Wildman–Crippen LogP) is 5.28. The van der Waals surface area contributed by atoms with E-state index in [1.807, 2.05) is 39.0 Å². The van der Waals surface area contributed by atoms with E-state index in [-0.39, 0.29) is 40.2 Å². The molecule has 38 heavy (non-hydrogen) atoms. The summed E-state index contributed by atoms with van der Waals surface area (Å²) in [6, 6.07) is 5.44. The third-order valence-electron chi connectivity index (χ3n) is 7.80. The van der Waals surface area contributed by atoms with Crippen LogP contribution < -0.4 is 21.3 Å². The monoisotopic (exact) mass is 539 g/mol. The highest BCUT2D eigenvalue weighted by atomic mass is 32.1. The van der Waals surface area contributed by atoms with E-state index in [9.17, 15) is 14.4 Å². The van der Waals surface area contributed by atoms with Gasteiger partial charge in [0.1, 0.15) is 10.9 Å². The Labute approximate surface area is 229 Å². The average molecular weight is 540 g/mol. The molecule has 0 aliphatic heterocycles. The molecular formula is C29H41N5O3S. The van der Waals surface area contributed by atoms with Crippen molar-refractivity contribution in [1.29, 1.82) is 0 Å². The fourth-order valence-corrected chi connectivity index (χ4v) is 6.38. The Kier molecular flexibility index (Phi) is 9.41. The Morgan fingerprint density at radius 1 is 1.03 bits per heavy atom. The molecule has 0 bridgehead atoms. The number of aromatic nitrogens is 1. The zero-order valence-electron chi connectivity index (χ0n) is 22.8. The summed E-state index contributed by atoms with van der Waals surface area (Å²) in [5.74, 6) is -0.885. The van der Waals surface area contributed by atoms with Crippen LogP contribution in [0.1, 0.15) is 109 Å². The van der Waals surface area contributed by atoms with Crippen molar-refractivity contribution in [3.63, 3.8) is 0 Å². The van der Waals surface area contributed by atoms with E-state index < -0.39 is 11.9 Å². The summed E-state index contributed by atoms with van der Waals surface area (Å²) in [6.07, 6.45) is 10.6. The third kappa shape index (κ3) is 6.37. The lowest BCUT2D eigenvalue weighted by Crippen LogP contribution is -2.52. The van der Waals surface area contributed by atoms with Crippen LogP contribution in [0.4, 0.5) is 11.4 Å². The van der Waals surface area contributed by atoms with Gasteiger partial charge in [0.15, 0.2) is 5.69 Å². The fourth-order valence-electron chi connectivity index (χ4n) is 5.64. The number of carbonyl (C=O) groups is 3. The van der Waals surface area contributed by atoms with Gasteiger partial charge in [-0.1, -0.05) is 57.6 Å². The Bertz CT molecular complexity index is 1150. The minimum Gasteiger partial charge on any atom is -0.395 e. The van der Waals surface area contributed by atoms with Crippen LogP contribution in [-0.4, -0.2) is 40.2 Å². The number of nitrogens with zero attached hydrogens (tertiary/aromatic N) is 2. The Balaban J connectivity index is 1.67. The van der Waals surface area contributed by atoms with E-state index in [1.54, 1.807) is 4.90 Å². The second kappa shape index (κ2) is 12.7. The molecule has 3 amide bonds. The quantitative estimate of drug-likeness (QED) is 0.401. The molecule has 0 saturated heterocycles. The average Bonchev–Trinajstić information content (AvgIpc) is 3.55. The van der Waals surface area contributed by atoms with Gasteiger partial charge in [0, 0.05) is 17.8 Å². The summed E-state index contributed by atoms with van der Waals surface area (Å²) in [6.45, 7) is 5.91. The SMILES string of the molecule is CCC[C@H](C(=O)NC1CCCC1)N(C(=O)c1snc(C(=O)NC2CCCCC2)c1N)c1cc(C)ccc1C. The molecule has 4 N–H and O–H groups in total. The number of carbonyl (C=O) groups excluding carboxylic acids is 3. The molecule has 4 rings (SSSR count). The van der Waals surface area contributed by atoms with Gasteiger partial charge in [0.2, 0.25) is 5.91 Å². The Morgan fingerprint density at radius 2 is 1.66 bits per heavy atom. The molecule has 0 unspecified atom stereocenters. The topological polar surface area (TPSA) is 117 Å². The van der Waals surface area contributed by atoms with E-state index in [4.69, 9.17) is 5.73 Å². The lowest BCUT2D eigenvalue weighted by molar-refractivity contribution is -0.123. The standard InChI is InChI=1S/C29H41N5O3S/c1-4-10-22(27(35)31-20-13-8-9-14-20)34(23-17-18(2)15-16-19(23)3)29(37)26-24(30)25(33-38-26)28(36)32-21-11-6-5-7-12-21/h15-17,20-22H,4-14,30H2,1-3H3,(H,31,35)(H,32,36)/t22-/m1/s1. The Hall–Kier alpha value is -2.94. The van der Waals surface area contributed by atoms with Crippen molar-refractivity contribution in [2.24, 2.45) is 0 Å². The molecule has 0 spiro atoms. The number of amides is 3. The number of rotatable bonds is 9. The summed E-state index contributed by atoms with van der Waals surface area (Å²) in [5.41, 5.74) is 9.13. The van der Waals surface area contributed by atoms with Crippen LogP contribution in [0, 0.1) is 13.8 Å². The maximum atomic E-state index is 14.2. The van der Waals surface area contributed by atoms with Gasteiger partial charge < -0.3 is 16.4 Å². The van der Waals surface area contributed by atoms with Gasteiger partial charge in [-0.25, -0.2) is 0 Å². The largest absolute Gasteiger partial charge is 0.395 e. The van der Waals surface area contributed by atoms with Crippen LogP contribution in [-0.2, 0) is 4.79 Å². The van der Waals surface area contributed by atoms with Crippen LogP contribution in [0.15, 0.2) is 18.2 Å². The van der Waals surface area contributed by atoms with Gasteiger partial charge in [-0.3, -0.25) is 19.3 Å². The van der Waals surface area contributed by atoms with Crippen LogP contribution in [0.5, 0.6) is 0 Å². The molecule has 8 nitrogen and oxygen atoms in total. The minimum atomic E-state index is -0.699. The normalized spacial score (nSPS) is 17.2. The molecule has 1 atom stereocenters. The molecule has 9 heteroatoms. The van der Waals surface area contributed by atoms with Gasteiger partial charge in [-0.15, -0.1) is 0 Å². The number of benzene rings is 1. The molecule has 0 radical (unpaired) electrons. The van der Waals surface area contributed by atoms with Gasteiger partial charge in [-0.05, 0) is 74.7 Å². The molecule has 1 heterocycles. The van der Waals surface area contributed by atoms with Crippen molar-refractivity contribution >= 4 is 40.6 Å². The molecular weight excluding hydrogens is 498 g/mol. The van der Waals surface area contributed by atoms with Crippen molar-refractivity contribution in [3.05, 3.63) is 39.9 Å². The van der Waals surface area contributed by atoms with Gasteiger partial charge in [0.25, 0.3) is 11.8 Å². The fraction of sp³-hybridized carbons (Fsp3) is 0.586. The Morgan fingerprint density at radius 3 is 2.32 bits per heavy atom. The molecule has 1 aromatic carbocycles. The second-order valence-corrected chi connectivity index (χ2v) is 11.6. The van der Waals surface area contributed by atoms with E-state index in [0.29, 0.717) is 12.1 Å². The maximum Gasteiger partial charge on any atom is 0.273 e. The van der Waals surface area contributed by atoms with Gasteiger partial charge in [0.05, 0.1) is 5.69 Å². The van der Waals surface area contributed by atoms with Crippen molar-refractivity contribution in [2.75, 3.05) is 10.6 Å². The summed E-state index contributed by atoms with van der Waals surface area (Å²) in [4.78, 5) is 42.6. The van der Waals surface area contributed by atoms with Crippen molar-refractivity contribution in [1.82, 2.24) is 15.0 Å². The predicted molar refractivity (Wildman–Crippen MR) is 153 cm³/mol. The zero-order valence-corrected chi connectivity index (χ0v) is 23.7. The molecule has 2 saturated carbocycles. The first kappa shape index (κ1) is 28.1. The van der Waals surface area contributed by atoms with Crippen LogP contribution in [0.2, 0.25) is 0 Å². The first-order valence-corrected chi connectivity index (χ1v) is 14.8. The zero-order chi connectivity index (χ0) is 27.2.